The van der Waals surface area contributed by atoms with E-state index in [4.69, 9.17) is 10.4 Å². The molecule has 0 spiro atoms. The van der Waals surface area contributed by atoms with Gasteiger partial charge in [0.25, 0.3) is 0 Å². The molecule has 0 aromatic carbocycles. The molecule has 1 aromatic rings. The third kappa shape index (κ3) is 2.37. The highest BCUT2D eigenvalue weighted by atomic mass is 32.2. The molecule has 0 aliphatic rings. The summed E-state index contributed by atoms with van der Waals surface area (Å²) in [4.78, 5) is 10.4. The van der Waals surface area contributed by atoms with Gasteiger partial charge in [-0.05, 0) is 17.3 Å². The molecule has 1 aromatic heterocycles. The normalized spacial score (nSPS) is 9.43. The Labute approximate surface area is 88.9 Å². The first-order valence-electron chi connectivity index (χ1n) is 3.71. The lowest BCUT2D eigenvalue weighted by Crippen LogP contribution is -2.06. The third-order valence-corrected chi connectivity index (χ3v) is 3.01. The van der Waals surface area contributed by atoms with Gasteiger partial charge in [-0.1, -0.05) is 6.92 Å². The van der Waals surface area contributed by atoms with Crippen LogP contribution < -0.4 is 5.32 Å². The van der Waals surface area contributed by atoms with Crippen molar-refractivity contribution in [2.24, 2.45) is 0 Å². The summed E-state index contributed by atoms with van der Waals surface area (Å²) < 4.78 is 3.99. The molecule has 0 aliphatic carbocycles. The van der Waals surface area contributed by atoms with Crippen molar-refractivity contribution in [3.63, 3.8) is 0 Å². The summed E-state index contributed by atoms with van der Waals surface area (Å²) in [6.45, 7) is 1.94. The molecule has 74 valence electrons. The van der Waals surface area contributed by atoms with Crippen molar-refractivity contribution in [2.45, 2.75) is 11.9 Å². The van der Waals surface area contributed by atoms with E-state index in [2.05, 4.69) is 9.69 Å². The zero-order valence-corrected chi connectivity index (χ0v) is 8.91. The van der Waals surface area contributed by atoms with Gasteiger partial charge in [0, 0.05) is 0 Å². The van der Waals surface area contributed by atoms with Gasteiger partial charge in [0.15, 0.2) is 0 Å². The van der Waals surface area contributed by atoms with Crippen molar-refractivity contribution in [3.8, 4) is 6.07 Å². The lowest BCUT2D eigenvalue weighted by atomic mass is 10.4. The molecule has 0 unspecified atom stereocenters. The minimum atomic E-state index is -1.18. The van der Waals surface area contributed by atoms with Crippen LogP contribution in [-0.2, 0) is 0 Å². The first-order chi connectivity index (χ1) is 6.69. The van der Waals surface area contributed by atoms with Crippen LogP contribution in [0.1, 0.15) is 12.5 Å². The zero-order chi connectivity index (χ0) is 10.6. The van der Waals surface area contributed by atoms with E-state index in [9.17, 15) is 4.79 Å². The predicted octanol–water partition coefficient (Wildman–Crippen LogP) is 2.22. The number of carboxylic acid groups (broad SMARTS) is 1. The smallest absolute Gasteiger partial charge is 0.409 e. The summed E-state index contributed by atoms with van der Waals surface area (Å²) in [5.41, 5.74) is 0.309. The highest BCUT2D eigenvalue weighted by Crippen LogP contribution is 2.30. The summed E-state index contributed by atoms with van der Waals surface area (Å²) in [6.07, 6.45) is -1.18. The number of hydrogen-bond acceptors (Lipinski definition) is 5. The Bertz CT molecular complexity index is 383. The Hall–Kier alpha value is -1.26. The molecule has 2 N–H and O–H groups in total. The fourth-order valence-electron chi connectivity index (χ4n) is 0.792. The summed E-state index contributed by atoms with van der Waals surface area (Å²) in [5.74, 6) is 0.797. The van der Waals surface area contributed by atoms with Crippen molar-refractivity contribution in [2.75, 3.05) is 11.1 Å². The number of thioether (sulfide) groups is 1. The number of aromatic nitrogens is 1. The van der Waals surface area contributed by atoms with Crippen molar-refractivity contribution < 1.29 is 9.90 Å². The second-order valence-corrected chi connectivity index (χ2v) is 4.19. The topological polar surface area (TPSA) is 86.0 Å². The Balaban J connectivity index is 2.96. The second-order valence-electron chi connectivity index (χ2n) is 2.17. The average molecular weight is 229 g/mol. The van der Waals surface area contributed by atoms with Gasteiger partial charge in [-0.15, -0.1) is 11.8 Å². The number of hydrogen-bond donors (Lipinski definition) is 2. The van der Waals surface area contributed by atoms with E-state index >= 15 is 0 Å². The van der Waals surface area contributed by atoms with Crippen LogP contribution in [-0.4, -0.2) is 21.3 Å². The van der Waals surface area contributed by atoms with E-state index in [0.29, 0.717) is 10.6 Å². The summed E-state index contributed by atoms with van der Waals surface area (Å²) in [7, 11) is 0. The van der Waals surface area contributed by atoms with Crippen LogP contribution in [0.15, 0.2) is 5.03 Å². The van der Waals surface area contributed by atoms with Gasteiger partial charge in [0.05, 0.1) is 0 Å². The quantitative estimate of drug-likeness (QED) is 0.776. The maximum Gasteiger partial charge on any atom is 0.409 e. The van der Waals surface area contributed by atoms with Crippen molar-refractivity contribution in [3.05, 3.63) is 5.56 Å². The molecule has 5 nitrogen and oxygen atoms in total. The predicted molar refractivity (Wildman–Crippen MR) is 54.9 cm³/mol. The molecule has 0 saturated heterocycles. The standard InChI is InChI=1S/C7H7N3O2S2/c1-2-13-6-4(3-8)5(14-10-6)9-7(11)12/h9H,2H2,1H3,(H,11,12). The van der Waals surface area contributed by atoms with Gasteiger partial charge in [-0.3, -0.25) is 5.32 Å². The van der Waals surface area contributed by atoms with Gasteiger partial charge < -0.3 is 5.11 Å². The van der Waals surface area contributed by atoms with E-state index in [1.165, 1.54) is 11.8 Å². The van der Waals surface area contributed by atoms with E-state index in [1.54, 1.807) is 0 Å². The highest BCUT2D eigenvalue weighted by molar-refractivity contribution is 7.99. The largest absolute Gasteiger partial charge is 0.465 e. The van der Waals surface area contributed by atoms with Crippen molar-refractivity contribution in [1.29, 1.82) is 5.26 Å². The second kappa shape index (κ2) is 4.83. The summed E-state index contributed by atoms with van der Waals surface area (Å²) in [6, 6.07) is 1.94. The maximum atomic E-state index is 10.4. The van der Waals surface area contributed by atoms with Crippen LogP contribution in [0.25, 0.3) is 0 Å². The number of amides is 1. The van der Waals surface area contributed by atoms with Crippen LogP contribution in [0.2, 0.25) is 0 Å². The van der Waals surface area contributed by atoms with Crippen LogP contribution in [0.3, 0.4) is 0 Å². The van der Waals surface area contributed by atoms with Gasteiger partial charge in [0.2, 0.25) is 0 Å². The molecule has 0 aliphatic heterocycles. The van der Waals surface area contributed by atoms with E-state index in [0.717, 1.165) is 17.3 Å². The third-order valence-electron chi connectivity index (χ3n) is 1.27. The zero-order valence-electron chi connectivity index (χ0n) is 7.27. The minimum Gasteiger partial charge on any atom is -0.465 e. The highest BCUT2D eigenvalue weighted by Gasteiger charge is 2.14. The Morgan fingerprint density at radius 1 is 1.86 bits per heavy atom. The molecule has 1 heterocycles. The number of carbonyl (C=O) groups is 1. The van der Waals surface area contributed by atoms with E-state index in [-0.39, 0.29) is 5.00 Å². The molecule has 7 heteroatoms. The number of rotatable bonds is 3. The molecular formula is C7H7N3O2S2. The molecule has 0 fully saturated rings. The molecule has 1 amide bonds. The Morgan fingerprint density at radius 2 is 2.57 bits per heavy atom. The monoisotopic (exact) mass is 229 g/mol. The lowest BCUT2D eigenvalue weighted by Gasteiger charge is -1.95. The van der Waals surface area contributed by atoms with Crippen LogP contribution >= 0.6 is 23.3 Å². The molecule has 1 rings (SSSR count). The molecule has 0 saturated carbocycles. The Morgan fingerprint density at radius 3 is 3.07 bits per heavy atom. The lowest BCUT2D eigenvalue weighted by molar-refractivity contribution is 0.210. The van der Waals surface area contributed by atoms with Crippen LogP contribution in [0, 0.1) is 11.3 Å². The minimum absolute atomic E-state index is 0.288. The van der Waals surface area contributed by atoms with Crippen molar-refractivity contribution >= 4 is 34.4 Å². The van der Waals surface area contributed by atoms with Gasteiger partial charge in [-0.25, -0.2) is 4.79 Å². The number of nitriles is 1. The first-order valence-corrected chi connectivity index (χ1v) is 5.47. The molecule has 0 bridgehead atoms. The average Bonchev–Trinajstić information content (AvgIpc) is 2.47. The number of nitrogens with zero attached hydrogens (tertiary/aromatic N) is 2. The van der Waals surface area contributed by atoms with Crippen molar-refractivity contribution in [1.82, 2.24) is 4.37 Å². The van der Waals surface area contributed by atoms with E-state index < -0.39 is 6.09 Å². The SMILES string of the molecule is CCSc1nsc(NC(=O)O)c1C#N. The maximum absolute atomic E-state index is 10.4. The summed E-state index contributed by atoms with van der Waals surface area (Å²) in [5, 5.41) is 20.3. The van der Waals surface area contributed by atoms with Crippen LogP contribution in [0.4, 0.5) is 9.80 Å². The Kier molecular flexibility index (Phi) is 3.73. The molecule has 0 radical (unpaired) electrons. The van der Waals surface area contributed by atoms with Gasteiger partial charge >= 0.3 is 6.09 Å². The van der Waals surface area contributed by atoms with Gasteiger partial charge in [0.1, 0.15) is 21.7 Å². The first kappa shape index (κ1) is 10.8. The fourth-order valence-corrected chi connectivity index (χ4v) is 2.38. The molecule has 0 atom stereocenters. The molecular weight excluding hydrogens is 222 g/mol. The number of nitrogens with one attached hydrogen (secondary N) is 1. The summed E-state index contributed by atoms with van der Waals surface area (Å²) >= 11 is 2.40. The van der Waals surface area contributed by atoms with Crippen LogP contribution in [0.5, 0.6) is 0 Å². The van der Waals surface area contributed by atoms with E-state index in [1.807, 2.05) is 13.0 Å². The van der Waals surface area contributed by atoms with Gasteiger partial charge in [-0.2, -0.15) is 9.64 Å². The fraction of sp³-hybridized carbons (Fsp3) is 0.286. The molecule has 14 heavy (non-hydrogen) atoms. The number of anilines is 1.